The lowest BCUT2D eigenvalue weighted by Gasteiger charge is -2.04. The molecule has 0 aliphatic heterocycles. The predicted molar refractivity (Wildman–Crippen MR) is 190 cm³/mol. The van der Waals surface area contributed by atoms with Crippen LogP contribution in [0.1, 0.15) is 232 Å². The molecule has 42 heavy (non-hydrogen) atoms. The molecule has 0 aromatic heterocycles. The first-order valence-corrected chi connectivity index (χ1v) is 19.7. The number of hydrogen-bond donors (Lipinski definition) is 1. The molecule has 0 spiro atoms. The summed E-state index contributed by atoms with van der Waals surface area (Å²) in [6.07, 6.45) is 51.3. The van der Waals surface area contributed by atoms with Crippen LogP contribution in [0.25, 0.3) is 0 Å². The van der Waals surface area contributed by atoms with Crippen molar-refractivity contribution in [3.8, 4) is 0 Å². The highest BCUT2D eigenvalue weighted by atomic mass is 16.1. The van der Waals surface area contributed by atoms with E-state index in [4.69, 9.17) is 5.73 Å². The summed E-state index contributed by atoms with van der Waals surface area (Å²) in [5.74, 6) is 0.515. The number of carbonyl (C=O) groups excluding carboxylic acids is 1. The first-order chi connectivity index (χ1) is 20.8. The van der Waals surface area contributed by atoms with Crippen molar-refractivity contribution in [1.29, 1.82) is 0 Å². The summed E-state index contributed by atoms with van der Waals surface area (Å²) in [7, 11) is 0. The predicted octanol–water partition coefficient (Wildman–Crippen LogP) is 13.7. The quantitative estimate of drug-likeness (QED) is 0.0578. The number of carbonyl (C=O) groups is 1. The Morgan fingerprint density at radius 2 is 0.643 bits per heavy atom. The van der Waals surface area contributed by atoms with E-state index in [-0.39, 0.29) is 0 Å². The first-order valence-electron chi connectivity index (χ1n) is 19.7. The lowest BCUT2D eigenvalue weighted by atomic mass is 10.0. The molecule has 0 aromatic carbocycles. The van der Waals surface area contributed by atoms with E-state index in [1.165, 1.54) is 199 Å². The molecule has 0 unspecified atom stereocenters. The van der Waals surface area contributed by atoms with Crippen molar-refractivity contribution in [3.05, 3.63) is 12.2 Å². The molecule has 0 bridgehead atoms. The normalized spacial score (nSPS) is 11.7. The van der Waals surface area contributed by atoms with Gasteiger partial charge in [0.15, 0.2) is 0 Å². The minimum atomic E-state index is 0.515. The van der Waals surface area contributed by atoms with E-state index in [9.17, 15) is 4.79 Å². The third-order valence-electron chi connectivity index (χ3n) is 9.13. The molecule has 0 aromatic rings. The van der Waals surface area contributed by atoms with Gasteiger partial charge in [0.1, 0.15) is 5.78 Å². The Hall–Kier alpha value is -0.630. The largest absolute Gasteiger partial charge is 0.330 e. The van der Waals surface area contributed by atoms with Gasteiger partial charge in [-0.05, 0) is 51.5 Å². The lowest BCUT2D eigenvalue weighted by molar-refractivity contribution is -0.119. The molecular formula is C40H79NO. The summed E-state index contributed by atoms with van der Waals surface area (Å²) in [6, 6.07) is 0. The van der Waals surface area contributed by atoms with E-state index in [1.54, 1.807) is 0 Å². The number of hydrogen-bond acceptors (Lipinski definition) is 2. The summed E-state index contributed by atoms with van der Waals surface area (Å²) in [5, 5.41) is 0. The van der Waals surface area contributed by atoms with Crippen LogP contribution in [0, 0.1) is 0 Å². The summed E-state index contributed by atoms with van der Waals surface area (Å²) in [6.45, 7) is 3.15. The Morgan fingerprint density at radius 1 is 0.381 bits per heavy atom. The van der Waals surface area contributed by atoms with E-state index in [2.05, 4.69) is 19.1 Å². The van der Waals surface area contributed by atoms with Crippen molar-refractivity contribution >= 4 is 5.78 Å². The second kappa shape index (κ2) is 38.4. The molecule has 2 heteroatoms. The molecule has 0 atom stereocenters. The van der Waals surface area contributed by atoms with Gasteiger partial charge in [0.2, 0.25) is 0 Å². The van der Waals surface area contributed by atoms with E-state index < -0.39 is 0 Å². The Labute approximate surface area is 266 Å². The smallest absolute Gasteiger partial charge is 0.132 e. The molecule has 2 N–H and O–H groups in total. The van der Waals surface area contributed by atoms with E-state index >= 15 is 0 Å². The van der Waals surface area contributed by atoms with E-state index in [0.29, 0.717) is 5.78 Å². The molecule has 0 aliphatic rings. The molecule has 0 amide bonds. The average molecular weight is 590 g/mol. The van der Waals surface area contributed by atoms with Gasteiger partial charge in [-0.25, -0.2) is 0 Å². The van der Waals surface area contributed by atoms with Crippen molar-refractivity contribution < 1.29 is 4.79 Å². The number of ketones is 1. The first kappa shape index (κ1) is 41.4. The number of rotatable bonds is 37. The van der Waals surface area contributed by atoms with Crippen molar-refractivity contribution in [1.82, 2.24) is 0 Å². The van der Waals surface area contributed by atoms with Crippen molar-refractivity contribution in [2.24, 2.45) is 5.73 Å². The zero-order valence-corrected chi connectivity index (χ0v) is 29.1. The number of Topliss-reactive ketones (excluding diaryl/α,β-unsaturated/α-hetero) is 1. The van der Waals surface area contributed by atoms with Gasteiger partial charge in [-0.1, -0.05) is 186 Å². The third kappa shape index (κ3) is 37.4. The molecule has 2 nitrogen and oxygen atoms in total. The molecule has 0 rings (SSSR count). The standard InChI is InChI=1S/C40H79NO/c1-2-3-4-5-6-7-8-9-16-19-22-25-28-31-34-37-40(42)38-35-32-29-26-23-20-17-14-12-10-11-13-15-18-21-24-27-30-33-36-39-41/h9,16H,2-8,10-15,17-39,41H2,1H3. The van der Waals surface area contributed by atoms with Crippen LogP contribution in [0.15, 0.2) is 12.2 Å². The van der Waals surface area contributed by atoms with Gasteiger partial charge >= 0.3 is 0 Å². The Morgan fingerprint density at radius 3 is 0.952 bits per heavy atom. The van der Waals surface area contributed by atoms with Gasteiger partial charge in [-0.15, -0.1) is 0 Å². The highest BCUT2D eigenvalue weighted by Crippen LogP contribution is 2.16. The van der Waals surface area contributed by atoms with Crippen LogP contribution in [0.2, 0.25) is 0 Å². The van der Waals surface area contributed by atoms with Gasteiger partial charge < -0.3 is 5.73 Å². The Balaban J connectivity index is 3.17. The number of allylic oxidation sites excluding steroid dienone is 2. The minimum Gasteiger partial charge on any atom is -0.330 e. The van der Waals surface area contributed by atoms with Gasteiger partial charge in [-0.3, -0.25) is 4.79 Å². The van der Waals surface area contributed by atoms with Gasteiger partial charge in [0, 0.05) is 12.8 Å². The SMILES string of the molecule is CCCCCCCCC=CCCCCCCCC(=O)CCCCCCCCCCCCCCCCCCCCCCN. The minimum absolute atomic E-state index is 0.515. The fraction of sp³-hybridized carbons (Fsp3) is 0.925. The summed E-state index contributed by atoms with van der Waals surface area (Å²) in [4.78, 5) is 12.2. The van der Waals surface area contributed by atoms with E-state index in [0.717, 1.165) is 32.2 Å². The zero-order chi connectivity index (χ0) is 30.4. The van der Waals surface area contributed by atoms with Gasteiger partial charge in [0.25, 0.3) is 0 Å². The van der Waals surface area contributed by atoms with Crippen molar-refractivity contribution in [3.63, 3.8) is 0 Å². The molecule has 0 radical (unpaired) electrons. The molecule has 0 saturated carbocycles. The zero-order valence-electron chi connectivity index (χ0n) is 29.1. The molecule has 0 fully saturated rings. The molecule has 250 valence electrons. The maximum atomic E-state index is 12.2. The Kier molecular flexibility index (Phi) is 37.8. The topological polar surface area (TPSA) is 43.1 Å². The molecule has 0 aliphatic carbocycles. The molecule has 0 heterocycles. The van der Waals surface area contributed by atoms with Gasteiger partial charge in [-0.2, -0.15) is 0 Å². The second-order valence-corrected chi connectivity index (χ2v) is 13.5. The maximum Gasteiger partial charge on any atom is 0.132 e. The van der Waals surface area contributed by atoms with Crippen molar-refractivity contribution in [2.75, 3.05) is 6.54 Å². The highest BCUT2D eigenvalue weighted by Gasteiger charge is 2.02. The van der Waals surface area contributed by atoms with Crippen LogP contribution in [-0.2, 0) is 4.79 Å². The fourth-order valence-corrected chi connectivity index (χ4v) is 6.17. The van der Waals surface area contributed by atoms with Crippen LogP contribution < -0.4 is 5.73 Å². The van der Waals surface area contributed by atoms with Gasteiger partial charge in [0.05, 0.1) is 0 Å². The summed E-state index contributed by atoms with van der Waals surface area (Å²) in [5.41, 5.74) is 5.55. The Bertz CT molecular complexity index is 528. The molecular weight excluding hydrogens is 510 g/mol. The van der Waals surface area contributed by atoms with Crippen molar-refractivity contribution in [2.45, 2.75) is 232 Å². The van der Waals surface area contributed by atoms with Crippen LogP contribution >= 0.6 is 0 Å². The van der Waals surface area contributed by atoms with Crippen LogP contribution in [0.4, 0.5) is 0 Å². The molecule has 0 saturated heterocycles. The monoisotopic (exact) mass is 590 g/mol. The van der Waals surface area contributed by atoms with E-state index in [1.807, 2.05) is 0 Å². The third-order valence-corrected chi connectivity index (χ3v) is 9.13. The van der Waals surface area contributed by atoms with Crippen LogP contribution in [-0.4, -0.2) is 12.3 Å². The average Bonchev–Trinajstić information content (AvgIpc) is 3.00. The number of unbranched alkanes of at least 4 members (excludes halogenated alkanes) is 30. The van der Waals surface area contributed by atoms with Crippen LogP contribution in [0.3, 0.4) is 0 Å². The second-order valence-electron chi connectivity index (χ2n) is 13.5. The summed E-state index contributed by atoms with van der Waals surface area (Å²) >= 11 is 0. The fourth-order valence-electron chi connectivity index (χ4n) is 6.17. The summed E-state index contributed by atoms with van der Waals surface area (Å²) < 4.78 is 0. The lowest BCUT2D eigenvalue weighted by Crippen LogP contribution is -1.97. The number of nitrogens with two attached hydrogens (primary N) is 1. The maximum absolute atomic E-state index is 12.2. The van der Waals surface area contributed by atoms with Crippen LogP contribution in [0.5, 0.6) is 0 Å². The highest BCUT2D eigenvalue weighted by molar-refractivity contribution is 5.78.